The summed E-state index contributed by atoms with van der Waals surface area (Å²) in [6, 6.07) is 19.5. The molecule has 4 rings (SSSR count). The van der Waals surface area contributed by atoms with Gasteiger partial charge in [-0.3, -0.25) is 4.79 Å². The van der Waals surface area contributed by atoms with Crippen molar-refractivity contribution in [2.45, 2.75) is 25.0 Å². The lowest BCUT2D eigenvalue weighted by Gasteiger charge is -2.27. The number of benzene rings is 2. The van der Waals surface area contributed by atoms with Crippen LogP contribution in [0.1, 0.15) is 30.1 Å². The van der Waals surface area contributed by atoms with E-state index in [9.17, 15) is 9.59 Å². The summed E-state index contributed by atoms with van der Waals surface area (Å²) < 4.78 is 11.2. The number of ether oxygens (including phenoxy) is 2. The number of fused-ring (bicyclic) bond motifs is 2. The number of esters is 1. The first kappa shape index (κ1) is 16.6. The average molecular weight is 351 g/mol. The van der Waals surface area contributed by atoms with Gasteiger partial charge in [-0.25, -0.2) is 4.79 Å². The van der Waals surface area contributed by atoms with E-state index < -0.39 is 6.10 Å². The Labute approximate surface area is 152 Å². The van der Waals surface area contributed by atoms with Crippen LogP contribution < -0.4 is 0 Å². The van der Waals surface area contributed by atoms with Gasteiger partial charge in [-0.1, -0.05) is 60.7 Å². The predicted octanol–water partition coefficient (Wildman–Crippen LogP) is 3.55. The molecule has 5 nitrogen and oxygen atoms in total. The van der Waals surface area contributed by atoms with Crippen molar-refractivity contribution < 1.29 is 19.1 Å². The van der Waals surface area contributed by atoms with Crippen LogP contribution in [0.25, 0.3) is 0 Å². The zero-order valence-electron chi connectivity index (χ0n) is 14.4. The molecule has 0 aromatic heterocycles. The first-order chi connectivity index (χ1) is 12.7. The van der Waals surface area contributed by atoms with E-state index in [0.717, 1.165) is 17.5 Å². The number of rotatable bonds is 5. The zero-order valence-corrected chi connectivity index (χ0v) is 14.4. The van der Waals surface area contributed by atoms with Crippen LogP contribution in [-0.2, 0) is 14.3 Å². The molecule has 2 aliphatic heterocycles. The molecule has 2 bridgehead atoms. The maximum absolute atomic E-state index is 12.6. The number of carbonyl (C=O) groups is 2. The molecule has 2 fully saturated rings. The van der Waals surface area contributed by atoms with E-state index in [1.807, 2.05) is 60.7 Å². The second-order valence-electron chi connectivity index (χ2n) is 6.81. The maximum Gasteiger partial charge on any atom is 0.410 e. The Morgan fingerprint density at radius 1 is 1.08 bits per heavy atom. The summed E-state index contributed by atoms with van der Waals surface area (Å²) in [5, 5.41) is 0. The van der Waals surface area contributed by atoms with Gasteiger partial charge in [0.25, 0.3) is 0 Å². The fourth-order valence-electron chi connectivity index (χ4n) is 3.68. The van der Waals surface area contributed by atoms with E-state index >= 15 is 0 Å². The van der Waals surface area contributed by atoms with Crippen molar-refractivity contribution in [2.24, 2.45) is 5.92 Å². The second-order valence-corrected chi connectivity index (χ2v) is 6.81. The van der Waals surface area contributed by atoms with Crippen LogP contribution in [0.5, 0.6) is 0 Å². The fraction of sp³-hybridized carbons (Fsp3) is 0.333. The SMILES string of the molecule is O=C(CC1CCN2C[C@H]1OC2=O)OC(c1ccccc1)c1ccccc1. The van der Waals surface area contributed by atoms with Crippen molar-refractivity contribution >= 4 is 12.1 Å². The highest BCUT2D eigenvalue weighted by Crippen LogP contribution is 2.32. The molecule has 0 saturated carbocycles. The maximum atomic E-state index is 12.6. The smallest absolute Gasteiger partial charge is 0.410 e. The minimum atomic E-state index is -0.434. The van der Waals surface area contributed by atoms with Gasteiger partial charge in [-0.2, -0.15) is 0 Å². The van der Waals surface area contributed by atoms with Gasteiger partial charge in [-0.05, 0) is 17.5 Å². The summed E-state index contributed by atoms with van der Waals surface area (Å²) in [4.78, 5) is 26.0. The monoisotopic (exact) mass is 351 g/mol. The highest BCUT2D eigenvalue weighted by Gasteiger charge is 2.42. The van der Waals surface area contributed by atoms with Gasteiger partial charge in [-0.15, -0.1) is 0 Å². The third-order valence-corrected chi connectivity index (χ3v) is 5.09. The first-order valence-electron chi connectivity index (χ1n) is 8.95. The minimum absolute atomic E-state index is 0.0254. The fourth-order valence-corrected chi connectivity index (χ4v) is 3.68. The third-order valence-electron chi connectivity index (χ3n) is 5.09. The van der Waals surface area contributed by atoms with E-state index in [-0.39, 0.29) is 30.5 Å². The summed E-state index contributed by atoms with van der Waals surface area (Å²) in [5.74, 6) is -0.235. The largest absolute Gasteiger partial charge is 0.453 e. The zero-order chi connectivity index (χ0) is 17.9. The predicted molar refractivity (Wildman–Crippen MR) is 95.4 cm³/mol. The molecule has 0 spiro atoms. The standard InChI is InChI=1S/C21H21NO4/c23-19(13-17-11-12-22-14-18(17)25-21(22)24)26-20(15-7-3-1-4-8-15)16-9-5-2-6-10-16/h1-10,17-18,20H,11-14H2/t17?,18-/m1/s1. The Kier molecular flexibility index (Phi) is 4.61. The Balaban J connectivity index is 1.47. The molecule has 2 aromatic carbocycles. The molecule has 5 heteroatoms. The van der Waals surface area contributed by atoms with Gasteiger partial charge in [0.05, 0.1) is 13.0 Å². The number of piperidine rings is 1. The molecule has 26 heavy (non-hydrogen) atoms. The van der Waals surface area contributed by atoms with Crippen molar-refractivity contribution in [3.63, 3.8) is 0 Å². The lowest BCUT2D eigenvalue weighted by atomic mass is 9.91. The van der Waals surface area contributed by atoms with Gasteiger partial charge in [0, 0.05) is 12.5 Å². The number of nitrogens with zero attached hydrogens (tertiary/aromatic N) is 1. The van der Waals surface area contributed by atoms with E-state index in [1.54, 1.807) is 4.90 Å². The van der Waals surface area contributed by atoms with Crippen LogP contribution in [0.2, 0.25) is 0 Å². The Hall–Kier alpha value is -2.82. The van der Waals surface area contributed by atoms with Gasteiger partial charge in [0.15, 0.2) is 6.10 Å². The van der Waals surface area contributed by atoms with Crippen LogP contribution in [0, 0.1) is 5.92 Å². The highest BCUT2D eigenvalue weighted by molar-refractivity contribution is 5.72. The van der Waals surface area contributed by atoms with Crippen molar-refractivity contribution in [2.75, 3.05) is 13.1 Å². The van der Waals surface area contributed by atoms with Crippen molar-refractivity contribution in [1.29, 1.82) is 0 Å². The number of hydrogen-bond donors (Lipinski definition) is 0. The molecule has 2 heterocycles. The topological polar surface area (TPSA) is 55.8 Å². The van der Waals surface area contributed by atoms with Crippen molar-refractivity contribution in [3.05, 3.63) is 71.8 Å². The molecular formula is C21H21NO4. The summed E-state index contributed by atoms with van der Waals surface area (Å²) >= 11 is 0. The second kappa shape index (κ2) is 7.20. The van der Waals surface area contributed by atoms with Crippen LogP contribution in [0.15, 0.2) is 60.7 Å². The van der Waals surface area contributed by atoms with Crippen molar-refractivity contribution in [3.8, 4) is 0 Å². The molecular weight excluding hydrogens is 330 g/mol. The molecule has 0 radical (unpaired) electrons. The number of amides is 1. The first-order valence-corrected chi connectivity index (χ1v) is 8.95. The third kappa shape index (κ3) is 3.43. The molecule has 134 valence electrons. The summed E-state index contributed by atoms with van der Waals surface area (Å²) in [5.41, 5.74) is 1.88. The van der Waals surface area contributed by atoms with Crippen molar-refractivity contribution in [1.82, 2.24) is 4.90 Å². The van der Waals surface area contributed by atoms with Crippen LogP contribution >= 0.6 is 0 Å². The van der Waals surface area contributed by atoms with Gasteiger partial charge in [0.1, 0.15) is 6.10 Å². The molecule has 2 atom stereocenters. The van der Waals surface area contributed by atoms with Crippen LogP contribution in [0.3, 0.4) is 0 Å². The normalized spacial score (nSPS) is 21.6. The van der Waals surface area contributed by atoms with E-state index in [2.05, 4.69) is 0 Å². The summed E-state index contributed by atoms with van der Waals surface area (Å²) in [6.07, 6.45) is 0.138. The highest BCUT2D eigenvalue weighted by atomic mass is 16.6. The van der Waals surface area contributed by atoms with Gasteiger partial charge < -0.3 is 14.4 Å². The Morgan fingerprint density at radius 3 is 2.31 bits per heavy atom. The quantitative estimate of drug-likeness (QED) is 0.773. The summed E-state index contributed by atoms with van der Waals surface area (Å²) in [7, 11) is 0. The van der Waals surface area contributed by atoms with Gasteiger partial charge in [0.2, 0.25) is 0 Å². The molecule has 0 N–H and O–H groups in total. The molecule has 2 aromatic rings. The lowest BCUT2D eigenvalue weighted by Crippen LogP contribution is -2.37. The lowest BCUT2D eigenvalue weighted by molar-refractivity contribution is -0.149. The molecule has 1 amide bonds. The van der Waals surface area contributed by atoms with Crippen LogP contribution in [0.4, 0.5) is 4.79 Å². The average Bonchev–Trinajstić information content (AvgIpc) is 2.98. The molecule has 2 saturated heterocycles. The van der Waals surface area contributed by atoms with E-state index in [1.165, 1.54) is 0 Å². The van der Waals surface area contributed by atoms with E-state index in [4.69, 9.17) is 9.47 Å². The number of carbonyl (C=O) groups excluding carboxylic acids is 2. The molecule has 2 aliphatic rings. The van der Waals surface area contributed by atoms with Gasteiger partial charge >= 0.3 is 12.1 Å². The molecule has 0 aliphatic carbocycles. The van der Waals surface area contributed by atoms with E-state index in [0.29, 0.717) is 13.1 Å². The minimum Gasteiger partial charge on any atom is -0.453 e. The molecule has 1 unspecified atom stereocenters. The number of hydrogen-bond acceptors (Lipinski definition) is 4. The Morgan fingerprint density at radius 2 is 1.69 bits per heavy atom. The van der Waals surface area contributed by atoms with Crippen LogP contribution in [-0.4, -0.2) is 36.2 Å². The Bertz CT molecular complexity index is 738. The summed E-state index contributed by atoms with van der Waals surface area (Å²) in [6.45, 7) is 1.23.